The number of rotatable bonds is 8. The van der Waals surface area contributed by atoms with Crippen LogP contribution in [0, 0.1) is 0 Å². The maximum Gasteiger partial charge on any atom is 0.172 e. The summed E-state index contributed by atoms with van der Waals surface area (Å²) in [4.78, 5) is 0. The summed E-state index contributed by atoms with van der Waals surface area (Å²) in [6, 6.07) is 175. The summed E-state index contributed by atoms with van der Waals surface area (Å²) in [5, 5.41) is 32.1. The fourth-order valence-electron chi connectivity index (χ4n) is 23.6. The van der Waals surface area contributed by atoms with Gasteiger partial charge in [0.05, 0.1) is 38.8 Å². The second kappa shape index (κ2) is 31.4. The zero-order valence-electron chi connectivity index (χ0n) is 75.3. The molecule has 3 unspecified atom stereocenters. The van der Waals surface area contributed by atoms with E-state index < -0.39 is 21.4 Å². The maximum atomic E-state index is 15.8. The van der Waals surface area contributed by atoms with Crippen LogP contribution in [0.2, 0.25) is 0 Å². The van der Waals surface area contributed by atoms with Crippen molar-refractivity contribution in [2.75, 3.05) is 0 Å². The lowest BCUT2D eigenvalue weighted by atomic mass is 9.93. The predicted octanol–water partition coefficient (Wildman–Crippen LogP) is 30.6. The largest absolute Gasteiger partial charge is 0.309 e. The molecule has 650 valence electrons. The molecule has 6 nitrogen and oxygen atoms in total. The fourth-order valence-corrected chi connectivity index (χ4v) is 33.5. The van der Waals surface area contributed by atoms with Gasteiger partial charge in [0, 0.05) is 96.8 Å². The van der Waals surface area contributed by atoms with E-state index in [1.807, 2.05) is 109 Å². The molecule has 24 aromatic carbocycles. The molecule has 0 fully saturated rings. The van der Waals surface area contributed by atoms with Gasteiger partial charge in [-0.1, -0.05) is 419 Å². The Hall–Kier alpha value is -16.8. The minimum atomic E-state index is -3.16. The van der Waals surface area contributed by atoms with Crippen LogP contribution in [0.15, 0.2) is 497 Å². The summed E-state index contributed by atoms with van der Waals surface area (Å²) in [7, 11) is -9.44. The Kier molecular flexibility index (Phi) is 18.2. The van der Waals surface area contributed by atoms with Crippen LogP contribution in [-0.4, -0.2) is 13.7 Å². The van der Waals surface area contributed by atoms with Crippen molar-refractivity contribution >= 4 is 210 Å². The highest BCUT2D eigenvalue weighted by atomic mass is 31.2. The van der Waals surface area contributed by atoms with E-state index in [1.165, 1.54) is 97.7 Å². The molecule has 0 aliphatic carbocycles. The maximum absolute atomic E-state index is 15.8. The first-order chi connectivity index (χ1) is 68.6. The number of hydrogen-bond donors (Lipinski definition) is 0. The van der Waals surface area contributed by atoms with E-state index in [0.717, 1.165) is 164 Å². The fraction of sp³-hybridized carbons (Fsp3) is 0. The first-order valence-electron chi connectivity index (χ1n) is 47.5. The van der Waals surface area contributed by atoms with Gasteiger partial charge in [-0.05, 0) is 205 Å². The van der Waals surface area contributed by atoms with Crippen LogP contribution < -0.4 is 47.7 Å². The molecule has 30 rings (SSSR count). The number of nitrogens with zero attached hydrogens (tertiary/aromatic N) is 3. The van der Waals surface area contributed by atoms with E-state index in [1.54, 1.807) is 0 Å². The molecule has 3 aliphatic rings. The van der Waals surface area contributed by atoms with E-state index in [-0.39, 0.29) is 0 Å². The average Bonchev–Trinajstić information content (AvgIpc) is 1.52. The first kappa shape index (κ1) is 80.6. The van der Waals surface area contributed by atoms with Gasteiger partial charge in [-0.3, -0.25) is 0 Å². The summed E-state index contributed by atoms with van der Waals surface area (Å²) < 4.78 is 54.2. The molecule has 3 atom stereocenters. The summed E-state index contributed by atoms with van der Waals surface area (Å²) in [5.41, 5.74) is 21.1. The third-order valence-electron chi connectivity index (χ3n) is 29.7. The van der Waals surface area contributed by atoms with Gasteiger partial charge < -0.3 is 27.4 Å². The second-order valence-corrected chi connectivity index (χ2v) is 44.9. The van der Waals surface area contributed by atoms with Crippen molar-refractivity contribution in [2.24, 2.45) is 0 Å². The molecule has 0 N–H and O–H groups in total. The van der Waals surface area contributed by atoms with Gasteiger partial charge >= 0.3 is 0 Å². The van der Waals surface area contributed by atoms with Gasteiger partial charge in [0.25, 0.3) is 0 Å². The molecule has 0 amide bonds. The van der Waals surface area contributed by atoms with Crippen LogP contribution in [0.4, 0.5) is 0 Å². The molecule has 0 bridgehead atoms. The predicted molar refractivity (Wildman–Crippen MR) is 591 cm³/mol. The lowest BCUT2D eigenvalue weighted by Crippen LogP contribution is -2.21. The lowest BCUT2D eigenvalue weighted by Gasteiger charge is -2.17. The van der Waals surface area contributed by atoms with Gasteiger partial charge in [0.1, 0.15) is 0 Å². The van der Waals surface area contributed by atoms with Crippen LogP contribution in [0.5, 0.6) is 0 Å². The lowest BCUT2D eigenvalue weighted by molar-refractivity contribution is 0.592. The van der Waals surface area contributed by atoms with Crippen molar-refractivity contribution < 1.29 is 13.7 Å². The smallest absolute Gasteiger partial charge is 0.172 e. The summed E-state index contributed by atoms with van der Waals surface area (Å²) in [6.45, 7) is 0. The van der Waals surface area contributed by atoms with E-state index in [9.17, 15) is 0 Å². The minimum Gasteiger partial charge on any atom is -0.309 e. The highest BCUT2D eigenvalue weighted by molar-refractivity contribution is 7.88. The van der Waals surface area contributed by atoms with Crippen molar-refractivity contribution in [3.05, 3.63) is 497 Å². The highest BCUT2D eigenvalue weighted by Gasteiger charge is 2.46. The Morgan fingerprint density at radius 3 is 1.00 bits per heavy atom. The summed E-state index contributed by atoms with van der Waals surface area (Å²) in [5.74, 6) is 0. The quantitative estimate of drug-likeness (QED) is 0.112. The summed E-state index contributed by atoms with van der Waals surface area (Å²) in [6.07, 6.45) is 0. The van der Waals surface area contributed by atoms with Crippen molar-refractivity contribution in [2.45, 2.75) is 0 Å². The zero-order valence-corrected chi connectivity index (χ0v) is 77.9. The molecule has 0 radical (unpaired) electrons. The van der Waals surface area contributed by atoms with Gasteiger partial charge in [-0.15, -0.1) is 0 Å². The molecule has 0 spiro atoms. The molecule has 9 heteroatoms. The van der Waals surface area contributed by atoms with Crippen LogP contribution >= 0.6 is 21.4 Å². The van der Waals surface area contributed by atoms with Gasteiger partial charge in [-0.2, -0.15) is 0 Å². The third-order valence-corrected chi connectivity index (χ3v) is 39.3. The minimum absolute atomic E-state index is 0.875. The monoisotopic (exact) mass is 1830 g/mol. The molecular weight excluding hydrogens is 1740 g/mol. The van der Waals surface area contributed by atoms with Crippen LogP contribution in [-0.2, 0) is 13.7 Å². The molecule has 6 heterocycles. The SMILES string of the molecule is O=P1(c2ccccc2)c2ccccc2-c2ccc3c(c21)c1ccccc1n3-c1ccc2ccc(-c3ccc4ccccc4c3)cc2c1.O=P1(c2ccccc2)c2ccccc2-c2ccc3c(c21)c1ccccc1n3-c1ccc2ccc3c4ccccc4ccc3c2c1.O=P1(c2ccccc2)c2ccccc2-c2ccc3c(c21)c1ccccc1n3-c1cccc2c(-c3cccc4ccccc34)cccc12. The molecule has 139 heavy (non-hydrogen) atoms. The van der Waals surface area contributed by atoms with Crippen LogP contribution in [0.1, 0.15) is 0 Å². The second-order valence-electron chi connectivity index (χ2n) is 36.9. The van der Waals surface area contributed by atoms with E-state index in [2.05, 4.69) is 402 Å². The van der Waals surface area contributed by atoms with Gasteiger partial charge in [-0.25, -0.2) is 0 Å². The number of hydrogen-bond acceptors (Lipinski definition) is 3. The Labute approximate surface area is 801 Å². The third kappa shape index (κ3) is 12.0. The van der Waals surface area contributed by atoms with Crippen molar-refractivity contribution in [3.63, 3.8) is 0 Å². The molecule has 0 saturated carbocycles. The number of aromatic nitrogens is 3. The average molecular weight is 1830 g/mol. The number of para-hydroxylation sites is 3. The standard InChI is InChI=1S/2C44H28NOP.C42H26NOP/c46-47(30-15-2-1-3-16-30)42-26-9-7-18-36(42)37-27-28-41-43(44(37)47)38-19-6-8-24-40(38)45(41)39-25-12-22-34-33(21-11-23-35(34)39)32-20-10-14-29-13-4-5-17-31(29)32;46-47(36-12-2-1-3-13-36)42-17-9-7-14-37(42)38-24-25-41-43(44(38)47)39-15-6-8-16-40(39)45(41)35-23-22-30-19-21-33(27-34(30)28-35)32-20-18-29-10-4-5-11-31(29)26-32;44-45(30-11-2-1-3-12-30)40-17-9-7-14-34(40)35-24-25-39-41(42(35)45)36-15-6-8-16-38(36)43(39)29-21-18-28-20-22-32-31-13-5-4-10-27(31)19-23-33(32)37(28)26-29/h2*1-28H;1-26H. The van der Waals surface area contributed by atoms with Crippen LogP contribution in [0.3, 0.4) is 0 Å². The van der Waals surface area contributed by atoms with Crippen molar-refractivity contribution in [3.8, 4) is 72.7 Å². The Bertz CT molecular complexity index is 10100. The van der Waals surface area contributed by atoms with Crippen molar-refractivity contribution in [1.82, 2.24) is 13.7 Å². The van der Waals surface area contributed by atoms with Crippen molar-refractivity contribution in [1.29, 1.82) is 0 Å². The summed E-state index contributed by atoms with van der Waals surface area (Å²) >= 11 is 0. The van der Waals surface area contributed by atoms with Gasteiger partial charge in [0.2, 0.25) is 0 Å². The highest BCUT2D eigenvalue weighted by Crippen LogP contribution is 2.60. The van der Waals surface area contributed by atoms with E-state index in [4.69, 9.17) is 0 Å². The molecule has 3 aliphatic heterocycles. The Morgan fingerprint density at radius 2 is 0.482 bits per heavy atom. The van der Waals surface area contributed by atoms with E-state index in [0.29, 0.717) is 0 Å². The Balaban J connectivity index is 0.000000103. The zero-order chi connectivity index (χ0) is 91.9. The Morgan fingerprint density at radius 1 is 0.158 bits per heavy atom. The molecule has 27 aromatic rings. The molecular formula is C130H82N3O3P3. The normalized spacial score (nSPS) is 15.5. The molecule has 3 aromatic heterocycles. The number of benzene rings is 24. The molecule has 0 saturated heterocycles. The van der Waals surface area contributed by atoms with E-state index >= 15 is 13.7 Å². The number of fused-ring (bicyclic) bond motifs is 30. The first-order valence-corrected chi connectivity index (χ1v) is 52.6. The topological polar surface area (TPSA) is 66.0 Å². The van der Waals surface area contributed by atoms with Crippen LogP contribution in [0.25, 0.3) is 214 Å². The van der Waals surface area contributed by atoms with Gasteiger partial charge in [0.15, 0.2) is 21.4 Å².